The van der Waals surface area contributed by atoms with E-state index in [1.165, 1.54) is 11.4 Å². The molecule has 0 aromatic rings. The first kappa shape index (κ1) is 16.3. The Hall–Kier alpha value is -0.660. The molecule has 0 bridgehead atoms. The Morgan fingerprint density at radius 3 is 2.24 bits per heavy atom. The number of hydrogen-bond donors (Lipinski definition) is 1. The highest BCUT2D eigenvalue weighted by Crippen LogP contribution is 2.05. The summed E-state index contributed by atoms with van der Waals surface area (Å²) in [6.45, 7) is 5.66. The van der Waals surface area contributed by atoms with Crippen LogP contribution in [0.2, 0.25) is 0 Å². The average Bonchev–Trinajstić information content (AvgIpc) is 2.20. The largest absolute Gasteiger partial charge is 0.364 e. The lowest BCUT2D eigenvalue weighted by Gasteiger charge is -2.25. The number of amides is 1. The van der Waals surface area contributed by atoms with Gasteiger partial charge in [-0.2, -0.15) is 4.31 Å². The Bertz CT molecular complexity index is 340. The van der Waals surface area contributed by atoms with E-state index < -0.39 is 16.1 Å². The molecule has 1 N–H and O–H groups in total. The van der Waals surface area contributed by atoms with E-state index >= 15 is 0 Å². The van der Waals surface area contributed by atoms with E-state index in [0.29, 0.717) is 6.54 Å². The molecule has 102 valence electrons. The van der Waals surface area contributed by atoms with Gasteiger partial charge in [0.05, 0.1) is 12.4 Å². The van der Waals surface area contributed by atoms with Gasteiger partial charge in [-0.1, -0.05) is 6.92 Å². The molecule has 0 fully saturated rings. The maximum Gasteiger partial charge on any atom is 0.250 e. The molecule has 1 amide bonds. The highest BCUT2D eigenvalue weighted by atomic mass is 32.2. The maximum atomic E-state index is 11.6. The summed E-state index contributed by atoms with van der Waals surface area (Å²) in [4.78, 5) is 11.6. The Labute approximate surface area is 103 Å². The Kier molecular flexibility index (Phi) is 6.66. The highest BCUT2D eigenvalue weighted by molar-refractivity contribution is 7.88. The number of carbonyl (C=O) groups is 1. The molecule has 0 aliphatic rings. The second kappa shape index (κ2) is 6.93. The molecule has 0 aromatic heterocycles. The summed E-state index contributed by atoms with van der Waals surface area (Å²) < 4.78 is 29.5. The van der Waals surface area contributed by atoms with Gasteiger partial charge in [0, 0.05) is 20.1 Å². The van der Waals surface area contributed by atoms with Gasteiger partial charge in [-0.25, -0.2) is 8.42 Å². The summed E-state index contributed by atoms with van der Waals surface area (Å²) in [5.74, 6) is -0.319. The Balaban J connectivity index is 4.78. The molecule has 17 heavy (non-hydrogen) atoms. The molecular weight excluding hydrogens is 244 g/mol. The van der Waals surface area contributed by atoms with E-state index in [2.05, 4.69) is 5.32 Å². The van der Waals surface area contributed by atoms with Crippen molar-refractivity contribution in [2.24, 2.45) is 0 Å². The van der Waals surface area contributed by atoms with Crippen molar-refractivity contribution in [3.63, 3.8) is 0 Å². The van der Waals surface area contributed by atoms with Crippen molar-refractivity contribution in [2.75, 3.05) is 26.4 Å². The van der Waals surface area contributed by atoms with Gasteiger partial charge in [0.15, 0.2) is 0 Å². The zero-order valence-electron chi connectivity index (χ0n) is 11.1. The molecule has 0 heterocycles. The third kappa shape index (κ3) is 5.99. The summed E-state index contributed by atoms with van der Waals surface area (Å²) in [5.41, 5.74) is 0. The van der Waals surface area contributed by atoms with Gasteiger partial charge >= 0.3 is 0 Å². The van der Waals surface area contributed by atoms with Crippen molar-refractivity contribution in [1.82, 2.24) is 9.62 Å². The Morgan fingerprint density at radius 1 is 1.41 bits per heavy atom. The van der Waals surface area contributed by atoms with Gasteiger partial charge in [-0.05, 0) is 13.8 Å². The van der Waals surface area contributed by atoms with Gasteiger partial charge in [-0.3, -0.25) is 4.79 Å². The summed E-state index contributed by atoms with van der Waals surface area (Å²) in [6, 6.07) is 0. The fourth-order valence-electron chi connectivity index (χ4n) is 1.36. The predicted octanol–water partition coefficient (Wildman–Crippen LogP) is -0.192. The summed E-state index contributed by atoms with van der Waals surface area (Å²) >= 11 is 0. The first-order valence-corrected chi connectivity index (χ1v) is 7.39. The minimum atomic E-state index is -3.31. The van der Waals surface area contributed by atoms with E-state index in [1.54, 1.807) is 20.8 Å². The smallest absolute Gasteiger partial charge is 0.250 e. The van der Waals surface area contributed by atoms with Gasteiger partial charge in [-0.15, -0.1) is 0 Å². The van der Waals surface area contributed by atoms with Crippen molar-refractivity contribution < 1.29 is 17.9 Å². The highest BCUT2D eigenvalue weighted by Gasteiger charge is 2.26. The van der Waals surface area contributed by atoms with Gasteiger partial charge < -0.3 is 10.1 Å². The third-order valence-corrected chi connectivity index (χ3v) is 3.51. The third-order valence-electron chi connectivity index (χ3n) is 2.17. The molecule has 7 heteroatoms. The van der Waals surface area contributed by atoms with Crippen LogP contribution in [-0.2, 0) is 19.6 Å². The molecule has 0 aromatic carbocycles. The van der Waals surface area contributed by atoms with Crippen LogP contribution >= 0.6 is 0 Å². The van der Waals surface area contributed by atoms with E-state index in [9.17, 15) is 13.2 Å². The Morgan fingerprint density at radius 2 is 1.94 bits per heavy atom. The van der Waals surface area contributed by atoms with Crippen LogP contribution in [0.1, 0.15) is 20.8 Å². The molecule has 1 atom stereocenters. The lowest BCUT2D eigenvalue weighted by molar-refractivity contribution is -0.135. The summed E-state index contributed by atoms with van der Waals surface area (Å²) in [6.07, 6.45) is 0.192. The molecule has 0 saturated carbocycles. The number of sulfonamides is 1. The van der Waals surface area contributed by atoms with Gasteiger partial charge in [0.1, 0.15) is 6.10 Å². The zero-order chi connectivity index (χ0) is 13.6. The maximum absolute atomic E-state index is 11.6. The molecule has 6 nitrogen and oxygen atoms in total. The predicted molar refractivity (Wildman–Crippen MR) is 66.2 cm³/mol. The molecular formula is C10H22N2O4S. The number of nitrogens with one attached hydrogen (secondary N) is 1. The van der Waals surface area contributed by atoms with Crippen molar-refractivity contribution in [3.05, 3.63) is 0 Å². The van der Waals surface area contributed by atoms with Crippen LogP contribution in [0.5, 0.6) is 0 Å². The zero-order valence-corrected chi connectivity index (χ0v) is 11.9. The van der Waals surface area contributed by atoms with Gasteiger partial charge in [0.25, 0.3) is 0 Å². The topological polar surface area (TPSA) is 75.7 Å². The fourth-order valence-corrected chi connectivity index (χ4v) is 2.24. The normalized spacial score (nSPS) is 14.1. The van der Waals surface area contributed by atoms with E-state index in [0.717, 1.165) is 6.26 Å². The van der Waals surface area contributed by atoms with E-state index in [-0.39, 0.29) is 18.6 Å². The first-order valence-electron chi connectivity index (χ1n) is 5.54. The van der Waals surface area contributed by atoms with Crippen molar-refractivity contribution >= 4 is 15.9 Å². The van der Waals surface area contributed by atoms with Crippen LogP contribution in [-0.4, -0.2) is 57.2 Å². The molecule has 0 rings (SSSR count). The molecule has 0 aliphatic carbocycles. The number of ether oxygens (including phenoxy) is 1. The molecule has 0 radical (unpaired) electrons. The number of nitrogens with zero attached hydrogens (tertiary/aromatic N) is 1. The van der Waals surface area contributed by atoms with Crippen LogP contribution in [0, 0.1) is 0 Å². The van der Waals surface area contributed by atoms with Crippen molar-refractivity contribution in [1.29, 1.82) is 0 Å². The molecule has 0 saturated heterocycles. The van der Waals surface area contributed by atoms with Crippen LogP contribution in [0.3, 0.4) is 0 Å². The molecule has 1 unspecified atom stereocenters. The lowest BCUT2D eigenvalue weighted by Crippen LogP contribution is -2.46. The lowest BCUT2D eigenvalue weighted by atomic mass is 10.3. The SMILES string of the molecule is CCN(CC(OC(C)C)C(=O)NC)S(C)(=O)=O. The van der Waals surface area contributed by atoms with E-state index in [1.807, 2.05) is 0 Å². The van der Waals surface area contributed by atoms with Gasteiger partial charge in [0.2, 0.25) is 15.9 Å². The number of carbonyl (C=O) groups excluding carboxylic acids is 1. The quantitative estimate of drug-likeness (QED) is 0.693. The fraction of sp³-hybridized carbons (Fsp3) is 0.900. The minimum Gasteiger partial charge on any atom is -0.364 e. The summed E-state index contributed by atoms with van der Waals surface area (Å²) in [5, 5.41) is 2.47. The molecule has 0 aliphatic heterocycles. The van der Waals surface area contributed by atoms with Crippen molar-refractivity contribution in [2.45, 2.75) is 33.0 Å². The number of rotatable bonds is 7. The average molecular weight is 266 g/mol. The van der Waals surface area contributed by atoms with Crippen LogP contribution in [0.15, 0.2) is 0 Å². The summed E-state index contributed by atoms with van der Waals surface area (Å²) in [7, 11) is -1.82. The van der Waals surface area contributed by atoms with Crippen LogP contribution in [0.4, 0.5) is 0 Å². The molecule has 0 spiro atoms. The minimum absolute atomic E-state index is 0.0349. The second-order valence-corrected chi connectivity index (χ2v) is 5.98. The first-order chi connectivity index (χ1) is 7.72. The second-order valence-electron chi connectivity index (χ2n) is 4.00. The standard InChI is InChI=1S/C10H22N2O4S/c1-6-12(17(5,14)15)7-9(10(13)11-4)16-8(2)3/h8-9H,6-7H2,1-5H3,(H,11,13). The van der Waals surface area contributed by atoms with Crippen molar-refractivity contribution in [3.8, 4) is 0 Å². The van der Waals surface area contributed by atoms with Crippen LogP contribution in [0.25, 0.3) is 0 Å². The number of likely N-dealkylation sites (N-methyl/N-ethyl adjacent to an activating group) is 2. The number of hydrogen-bond acceptors (Lipinski definition) is 4. The monoisotopic (exact) mass is 266 g/mol. The van der Waals surface area contributed by atoms with Crippen LogP contribution < -0.4 is 5.32 Å². The van der Waals surface area contributed by atoms with E-state index in [4.69, 9.17) is 4.74 Å².